The van der Waals surface area contributed by atoms with Crippen LogP contribution in [0.3, 0.4) is 0 Å². The van der Waals surface area contributed by atoms with E-state index in [0.717, 1.165) is 34.9 Å². The van der Waals surface area contributed by atoms with Gasteiger partial charge in [0.25, 0.3) is 0 Å². The molecule has 4 rings (SSSR count). The first-order valence-corrected chi connectivity index (χ1v) is 10.3. The number of fused-ring (bicyclic) bond motifs is 1. The largest absolute Gasteiger partial charge is 0.362 e. The zero-order valence-electron chi connectivity index (χ0n) is 15.5. The van der Waals surface area contributed by atoms with Gasteiger partial charge < -0.3 is 15.2 Å². The Morgan fingerprint density at radius 1 is 1.04 bits per heavy atom. The molecular weight excluding hydrogens is 352 g/mol. The van der Waals surface area contributed by atoms with E-state index in [2.05, 4.69) is 56.6 Å². The van der Waals surface area contributed by atoms with Crippen molar-refractivity contribution in [1.82, 2.24) is 15.3 Å². The quantitative estimate of drug-likeness (QED) is 0.625. The van der Waals surface area contributed by atoms with Gasteiger partial charge in [-0.25, -0.2) is 4.98 Å². The minimum absolute atomic E-state index is 0.493. The summed E-state index contributed by atoms with van der Waals surface area (Å²) >= 11 is 5.80. The van der Waals surface area contributed by atoms with E-state index < -0.39 is 0 Å². The zero-order chi connectivity index (χ0) is 18.5. The number of aromatic amines is 1. The number of nitrogens with one attached hydrogen (secondary N) is 2. The number of hydrogen-bond donors (Lipinski definition) is 2. The van der Waals surface area contributed by atoms with E-state index >= 15 is 0 Å². The first kappa shape index (κ1) is 18.0. The highest BCUT2D eigenvalue weighted by Gasteiger charge is 2.24. The van der Waals surface area contributed by atoms with E-state index in [0.29, 0.717) is 6.04 Å². The minimum atomic E-state index is 0.493. The van der Waals surface area contributed by atoms with E-state index in [1.54, 1.807) is 0 Å². The molecule has 1 saturated carbocycles. The summed E-state index contributed by atoms with van der Waals surface area (Å²) in [5, 5.41) is 4.29. The molecule has 0 bridgehead atoms. The van der Waals surface area contributed by atoms with Gasteiger partial charge in [0.15, 0.2) is 5.11 Å². The average Bonchev–Trinajstić information content (AvgIpc) is 3.13. The van der Waals surface area contributed by atoms with Gasteiger partial charge in [0.05, 0.1) is 11.0 Å². The molecule has 1 aliphatic rings. The van der Waals surface area contributed by atoms with E-state index in [-0.39, 0.29) is 0 Å². The fourth-order valence-electron chi connectivity index (χ4n) is 3.92. The van der Waals surface area contributed by atoms with Crippen LogP contribution in [0.1, 0.15) is 37.9 Å². The maximum atomic E-state index is 5.80. The average molecular weight is 379 g/mol. The summed E-state index contributed by atoms with van der Waals surface area (Å²) in [7, 11) is 0. The van der Waals surface area contributed by atoms with Gasteiger partial charge in [-0.3, -0.25) is 0 Å². The first-order valence-electron chi connectivity index (χ1n) is 9.87. The number of aromatic nitrogens is 2. The second-order valence-electron chi connectivity index (χ2n) is 7.18. The van der Waals surface area contributed by atoms with Crippen LogP contribution in [0.15, 0.2) is 54.6 Å². The molecule has 1 aromatic heterocycles. The van der Waals surface area contributed by atoms with Crippen molar-refractivity contribution in [1.29, 1.82) is 0 Å². The summed E-state index contributed by atoms with van der Waals surface area (Å²) < 4.78 is 0. The number of H-pyrrole nitrogens is 1. The Bertz CT molecular complexity index is 850. The summed E-state index contributed by atoms with van der Waals surface area (Å²) in [6.45, 7) is 0.773. The predicted molar refractivity (Wildman–Crippen MR) is 116 cm³/mol. The molecule has 0 atom stereocenters. The lowest BCUT2D eigenvalue weighted by atomic mass is 9.94. The lowest BCUT2D eigenvalue weighted by molar-refractivity contribution is 0.439. The zero-order valence-corrected chi connectivity index (χ0v) is 16.3. The molecule has 0 spiro atoms. The van der Waals surface area contributed by atoms with Crippen molar-refractivity contribution >= 4 is 34.1 Å². The highest BCUT2D eigenvalue weighted by Crippen LogP contribution is 2.27. The molecule has 1 aliphatic carbocycles. The first-order chi connectivity index (χ1) is 13.3. The smallest absolute Gasteiger partial charge is 0.173 e. The molecule has 0 aliphatic heterocycles. The van der Waals surface area contributed by atoms with Gasteiger partial charge in [-0.05, 0) is 49.3 Å². The van der Waals surface area contributed by atoms with Crippen LogP contribution in [0, 0.1) is 0 Å². The van der Waals surface area contributed by atoms with Gasteiger partial charge >= 0.3 is 0 Å². The number of thiocarbonyl (C=S) groups is 1. The number of nitrogens with zero attached hydrogens (tertiary/aromatic N) is 2. The summed E-state index contributed by atoms with van der Waals surface area (Å²) in [5.41, 5.74) is 3.29. The number of imidazole rings is 1. The third kappa shape index (κ3) is 4.30. The highest BCUT2D eigenvalue weighted by atomic mass is 32.1. The molecule has 4 nitrogen and oxygen atoms in total. The molecule has 1 fully saturated rings. The molecule has 27 heavy (non-hydrogen) atoms. The maximum Gasteiger partial charge on any atom is 0.173 e. The molecule has 0 amide bonds. The Hall–Kier alpha value is -2.40. The SMILES string of the molecule is S=C(NCCc1nc2ccccc2[nH]1)N(c1ccccc1)C1CCCCC1. The van der Waals surface area contributed by atoms with Gasteiger partial charge in [0.1, 0.15) is 5.82 Å². The van der Waals surface area contributed by atoms with Crippen molar-refractivity contribution in [2.45, 2.75) is 44.6 Å². The molecule has 5 heteroatoms. The molecule has 1 heterocycles. The van der Waals surface area contributed by atoms with E-state index in [4.69, 9.17) is 12.2 Å². The van der Waals surface area contributed by atoms with Gasteiger partial charge in [-0.1, -0.05) is 49.6 Å². The van der Waals surface area contributed by atoms with Crippen LogP contribution >= 0.6 is 12.2 Å². The van der Waals surface area contributed by atoms with Crippen molar-refractivity contribution in [2.24, 2.45) is 0 Å². The predicted octanol–water partition coefficient (Wildman–Crippen LogP) is 4.82. The van der Waals surface area contributed by atoms with Crippen LogP contribution < -0.4 is 10.2 Å². The Morgan fingerprint density at radius 2 is 1.78 bits per heavy atom. The molecular formula is C22H26N4S. The summed E-state index contributed by atoms with van der Waals surface area (Å²) in [6, 6.07) is 19.2. The third-order valence-electron chi connectivity index (χ3n) is 5.27. The topological polar surface area (TPSA) is 44.0 Å². The Kier molecular flexibility index (Phi) is 5.68. The molecule has 2 N–H and O–H groups in total. The van der Waals surface area contributed by atoms with Gasteiger partial charge in [0.2, 0.25) is 0 Å². The minimum Gasteiger partial charge on any atom is -0.362 e. The second-order valence-corrected chi connectivity index (χ2v) is 7.57. The van der Waals surface area contributed by atoms with E-state index in [1.165, 1.54) is 37.8 Å². The summed E-state index contributed by atoms with van der Waals surface area (Å²) in [5.74, 6) is 0.996. The van der Waals surface area contributed by atoms with Crippen molar-refractivity contribution in [2.75, 3.05) is 11.4 Å². The number of anilines is 1. The van der Waals surface area contributed by atoms with Crippen LogP contribution in [0.25, 0.3) is 11.0 Å². The Labute approximate surface area is 166 Å². The highest BCUT2D eigenvalue weighted by molar-refractivity contribution is 7.80. The van der Waals surface area contributed by atoms with Gasteiger partial charge in [-0.2, -0.15) is 0 Å². The summed E-state index contributed by atoms with van der Waals surface area (Å²) in [6.07, 6.45) is 7.15. The van der Waals surface area contributed by atoms with Crippen LogP contribution in [-0.4, -0.2) is 27.7 Å². The van der Waals surface area contributed by atoms with Crippen LogP contribution in [0.4, 0.5) is 5.69 Å². The van der Waals surface area contributed by atoms with Gasteiger partial charge in [-0.15, -0.1) is 0 Å². The summed E-state index contributed by atoms with van der Waals surface area (Å²) in [4.78, 5) is 10.4. The van der Waals surface area contributed by atoms with Crippen molar-refractivity contribution in [3.63, 3.8) is 0 Å². The molecule has 2 aromatic carbocycles. The van der Waals surface area contributed by atoms with Crippen LogP contribution in [0.5, 0.6) is 0 Å². The number of hydrogen-bond acceptors (Lipinski definition) is 2. The number of rotatable bonds is 5. The van der Waals surface area contributed by atoms with Crippen LogP contribution in [-0.2, 0) is 6.42 Å². The van der Waals surface area contributed by atoms with Crippen molar-refractivity contribution in [3.05, 3.63) is 60.4 Å². The normalized spacial score (nSPS) is 15.0. The molecule has 0 radical (unpaired) electrons. The fraction of sp³-hybridized carbons (Fsp3) is 0.364. The Balaban J connectivity index is 1.41. The standard InChI is InChI=1S/C22H26N4S/c27-22(23-16-15-21-24-19-13-7-8-14-20(19)25-21)26(17-9-3-1-4-10-17)18-11-5-2-6-12-18/h1,3-4,7-10,13-14,18H,2,5-6,11-12,15-16H2,(H,23,27)(H,24,25). The van der Waals surface area contributed by atoms with Crippen LogP contribution in [0.2, 0.25) is 0 Å². The molecule has 0 saturated heterocycles. The van der Waals surface area contributed by atoms with Gasteiger partial charge in [0, 0.05) is 24.7 Å². The van der Waals surface area contributed by atoms with E-state index in [1.807, 2.05) is 18.2 Å². The molecule has 140 valence electrons. The van der Waals surface area contributed by atoms with Crippen molar-refractivity contribution in [3.8, 4) is 0 Å². The van der Waals surface area contributed by atoms with E-state index in [9.17, 15) is 0 Å². The number of para-hydroxylation sites is 3. The Morgan fingerprint density at radius 3 is 2.56 bits per heavy atom. The molecule has 3 aromatic rings. The number of benzene rings is 2. The monoisotopic (exact) mass is 378 g/mol. The molecule has 0 unspecified atom stereocenters. The fourth-order valence-corrected chi connectivity index (χ4v) is 4.28. The third-order valence-corrected chi connectivity index (χ3v) is 5.61. The second kappa shape index (κ2) is 8.53. The lowest BCUT2D eigenvalue weighted by Crippen LogP contribution is -2.47. The maximum absolute atomic E-state index is 5.80. The van der Waals surface area contributed by atoms with Crippen molar-refractivity contribution < 1.29 is 0 Å². The lowest BCUT2D eigenvalue weighted by Gasteiger charge is -2.36.